The molecule has 0 aliphatic rings. The molecule has 0 fully saturated rings. The first-order chi connectivity index (χ1) is 18.0. The number of nitrogens with zero attached hydrogens (tertiary/aromatic N) is 5. The summed E-state index contributed by atoms with van der Waals surface area (Å²) in [7, 11) is 1.83. The van der Waals surface area contributed by atoms with E-state index in [1.807, 2.05) is 44.4 Å². The van der Waals surface area contributed by atoms with Gasteiger partial charge in [0.15, 0.2) is 0 Å². The van der Waals surface area contributed by atoms with E-state index in [1.165, 1.54) is 6.07 Å². The average molecular weight is 519 g/mol. The van der Waals surface area contributed by atoms with Crippen LogP contribution in [0.3, 0.4) is 0 Å². The number of benzene rings is 2. The number of carbonyl (C=O) groups is 1. The van der Waals surface area contributed by atoms with Gasteiger partial charge in [-0.3, -0.25) is 14.2 Å². The third-order valence-corrected chi connectivity index (χ3v) is 6.46. The lowest BCUT2D eigenvalue weighted by atomic mass is 10.0. The van der Waals surface area contributed by atoms with Crippen LogP contribution in [0.25, 0.3) is 22.2 Å². The Morgan fingerprint density at radius 3 is 2.45 bits per heavy atom. The fourth-order valence-electron chi connectivity index (χ4n) is 4.58. The summed E-state index contributed by atoms with van der Waals surface area (Å²) in [5, 5.41) is 12.5. The van der Waals surface area contributed by atoms with E-state index < -0.39 is 11.7 Å². The number of aryl methyl sites for hydroxylation is 3. The molecule has 0 aliphatic heterocycles. The first-order valence-corrected chi connectivity index (χ1v) is 11.9. The first-order valence-electron chi connectivity index (χ1n) is 11.9. The van der Waals surface area contributed by atoms with Crippen molar-refractivity contribution < 1.29 is 18.0 Å². The van der Waals surface area contributed by atoms with E-state index in [0.29, 0.717) is 44.8 Å². The molecule has 0 atom stereocenters. The molecule has 0 saturated carbocycles. The van der Waals surface area contributed by atoms with E-state index in [1.54, 1.807) is 35.3 Å². The van der Waals surface area contributed by atoms with Gasteiger partial charge in [0.2, 0.25) is 0 Å². The fourth-order valence-corrected chi connectivity index (χ4v) is 4.58. The highest BCUT2D eigenvalue weighted by Gasteiger charge is 2.30. The summed E-state index contributed by atoms with van der Waals surface area (Å²) in [4.78, 5) is 18.4. The molecular formula is C28H25F3N6O. The zero-order chi connectivity index (χ0) is 27.2. The Morgan fingerprint density at radius 2 is 1.74 bits per heavy atom. The number of alkyl halides is 3. The zero-order valence-electron chi connectivity index (χ0n) is 21.3. The van der Waals surface area contributed by atoms with Gasteiger partial charge in [-0.15, -0.1) is 0 Å². The van der Waals surface area contributed by atoms with Crippen molar-refractivity contribution in [3.63, 3.8) is 0 Å². The van der Waals surface area contributed by atoms with Crippen LogP contribution in [0, 0.1) is 20.8 Å². The van der Waals surface area contributed by atoms with Crippen molar-refractivity contribution in [1.82, 2.24) is 24.5 Å². The highest BCUT2D eigenvalue weighted by Crippen LogP contribution is 2.31. The molecule has 2 aromatic carbocycles. The molecule has 0 aliphatic carbocycles. The van der Waals surface area contributed by atoms with Crippen LogP contribution < -0.4 is 5.32 Å². The summed E-state index contributed by atoms with van der Waals surface area (Å²) in [5.41, 5.74) is 4.83. The van der Waals surface area contributed by atoms with Gasteiger partial charge in [-0.05, 0) is 50.6 Å². The van der Waals surface area contributed by atoms with Crippen molar-refractivity contribution in [1.29, 1.82) is 0 Å². The Kier molecular flexibility index (Phi) is 6.26. The topological polar surface area (TPSA) is 77.6 Å². The van der Waals surface area contributed by atoms with Crippen LogP contribution in [0.1, 0.15) is 38.6 Å². The summed E-state index contributed by atoms with van der Waals surface area (Å²) in [6.45, 7) is 5.55. The molecule has 1 N–H and O–H groups in total. The average Bonchev–Trinajstić information content (AvgIpc) is 3.35. The van der Waals surface area contributed by atoms with Gasteiger partial charge in [-0.2, -0.15) is 23.4 Å². The Labute approximate surface area is 216 Å². The second-order valence-electron chi connectivity index (χ2n) is 9.23. The Bertz CT molecular complexity index is 1680. The quantitative estimate of drug-likeness (QED) is 0.306. The standard InChI is InChI=1S/C28H25F3N6O/c1-16-23(15-36(4)34-16)25-13-22(21-10-5-6-11-24(21)32-25)27(38)33-26-17(2)35-37(18(26)3)14-19-8-7-9-20(12-19)28(29,30)31/h5-13,15H,14H2,1-4H3,(H,33,38). The molecule has 0 saturated heterocycles. The van der Waals surface area contributed by atoms with Crippen LogP contribution in [0.2, 0.25) is 0 Å². The molecule has 5 aromatic rings. The first kappa shape index (κ1) is 25.2. The number of amides is 1. The number of anilines is 1. The van der Waals surface area contributed by atoms with Crippen LogP contribution >= 0.6 is 0 Å². The zero-order valence-corrected chi connectivity index (χ0v) is 21.3. The van der Waals surface area contributed by atoms with Gasteiger partial charge in [0.1, 0.15) is 0 Å². The normalized spacial score (nSPS) is 11.8. The molecule has 3 aromatic heterocycles. The summed E-state index contributed by atoms with van der Waals surface area (Å²) in [5.74, 6) is -0.337. The molecule has 194 valence electrons. The van der Waals surface area contributed by atoms with E-state index in [2.05, 4.69) is 15.5 Å². The number of rotatable bonds is 5. The predicted molar refractivity (Wildman–Crippen MR) is 139 cm³/mol. The fraction of sp³-hybridized carbons (Fsp3) is 0.214. The lowest BCUT2D eigenvalue weighted by Crippen LogP contribution is -2.14. The number of para-hydroxylation sites is 1. The van der Waals surface area contributed by atoms with Gasteiger partial charge >= 0.3 is 6.18 Å². The van der Waals surface area contributed by atoms with Crippen LogP contribution in [-0.4, -0.2) is 30.5 Å². The van der Waals surface area contributed by atoms with Crippen LogP contribution in [0.4, 0.5) is 18.9 Å². The molecule has 0 bridgehead atoms. The van der Waals surface area contributed by atoms with Gasteiger partial charge in [0, 0.05) is 24.2 Å². The van der Waals surface area contributed by atoms with Crippen molar-refractivity contribution in [3.05, 3.63) is 94.6 Å². The third kappa shape index (κ3) is 4.77. The summed E-state index contributed by atoms with van der Waals surface area (Å²) in [6, 6.07) is 14.3. The van der Waals surface area contributed by atoms with E-state index in [9.17, 15) is 18.0 Å². The molecule has 5 rings (SSSR count). The van der Waals surface area contributed by atoms with Gasteiger partial charge in [-0.25, -0.2) is 4.98 Å². The number of hydrogen-bond acceptors (Lipinski definition) is 4. The van der Waals surface area contributed by atoms with Crippen molar-refractivity contribution in [2.24, 2.45) is 7.05 Å². The minimum absolute atomic E-state index is 0.134. The number of halogens is 3. The SMILES string of the molecule is Cc1nn(C)cc1-c1cc(C(=O)Nc2c(C)nn(Cc3cccc(C(F)(F)F)c3)c2C)c2ccccc2n1. The second kappa shape index (κ2) is 9.44. The lowest BCUT2D eigenvalue weighted by molar-refractivity contribution is -0.137. The smallest absolute Gasteiger partial charge is 0.319 e. The maximum atomic E-state index is 13.6. The molecular weight excluding hydrogens is 493 g/mol. The van der Waals surface area contributed by atoms with E-state index in [4.69, 9.17) is 4.98 Å². The summed E-state index contributed by atoms with van der Waals surface area (Å²) in [6.07, 6.45) is -2.56. The van der Waals surface area contributed by atoms with Gasteiger partial charge in [0.05, 0.1) is 51.7 Å². The molecule has 7 nitrogen and oxygen atoms in total. The number of pyridine rings is 1. The van der Waals surface area contributed by atoms with Crippen molar-refractivity contribution in [3.8, 4) is 11.3 Å². The van der Waals surface area contributed by atoms with Gasteiger partial charge < -0.3 is 5.32 Å². The molecule has 1 amide bonds. The van der Waals surface area contributed by atoms with Crippen molar-refractivity contribution >= 4 is 22.5 Å². The molecule has 0 spiro atoms. The molecule has 0 unspecified atom stereocenters. The predicted octanol–water partition coefficient (Wildman–Crippen LogP) is 6.08. The lowest BCUT2D eigenvalue weighted by Gasteiger charge is -2.12. The third-order valence-electron chi connectivity index (χ3n) is 6.46. The molecule has 0 radical (unpaired) electrons. The van der Waals surface area contributed by atoms with Crippen LogP contribution in [0.15, 0.2) is 60.8 Å². The number of hydrogen-bond donors (Lipinski definition) is 1. The van der Waals surface area contributed by atoms with E-state index in [0.717, 1.165) is 23.4 Å². The monoisotopic (exact) mass is 518 g/mol. The van der Waals surface area contributed by atoms with E-state index >= 15 is 0 Å². The maximum absolute atomic E-state index is 13.6. The number of aromatic nitrogens is 5. The minimum atomic E-state index is -4.43. The number of nitrogens with one attached hydrogen (secondary N) is 1. The van der Waals surface area contributed by atoms with Crippen molar-refractivity contribution in [2.45, 2.75) is 33.5 Å². The number of carbonyl (C=O) groups excluding carboxylic acids is 1. The molecule has 10 heteroatoms. The minimum Gasteiger partial charge on any atom is -0.319 e. The van der Waals surface area contributed by atoms with Crippen LogP contribution in [0.5, 0.6) is 0 Å². The largest absolute Gasteiger partial charge is 0.416 e. The summed E-state index contributed by atoms with van der Waals surface area (Å²) >= 11 is 0. The molecule has 38 heavy (non-hydrogen) atoms. The number of fused-ring (bicyclic) bond motifs is 1. The van der Waals surface area contributed by atoms with Gasteiger partial charge in [0.25, 0.3) is 5.91 Å². The summed E-state index contributed by atoms with van der Waals surface area (Å²) < 4.78 is 42.7. The van der Waals surface area contributed by atoms with E-state index in [-0.39, 0.29) is 12.5 Å². The highest BCUT2D eigenvalue weighted by molar-refractivity contribution is 6.13. The highest BCUT2D eigenvalue weighted by atomic mass is 19.4. The van der Waals surface area contributed by atoms with Gasteiger partial charge in [-0.1, -0.05) is 30.3 Å². The Hall–Kier alpha value is -4.47. The Balaban J connectivity index is 1.48. The second-order valence-corrected chi connectivity index (χ2v) is 9.23. The Morgan fingerprint density at radius 1 is 0.974 bits per heavy atom. The molecule has 3 heterocycles. The maximum Gasteiger partial charge on any atom is 0.416 e. The van der Waals surface area contributed by atoms with Crippen LogP contribution in [-0.2, 0) is 19.8 Å². The van der Waals surface area contributed by atoms with Crippen molar-refractivity contribution in [2.75, 3.05) is 5.32 Å².